The summed E-state index contributed by atoms with van der Waals surface area (Å²) in [5.74, 6) is 0.233. The van der Waals surface area contributed by atoms with Crippen molar-refractivity contribution in [1.29, 1.82) is 0 Å². The van der Waals surface area contributed by atoms with Crippen molar-refractivity contribution in [2.24, 2.45) is 5.92 Å². The van der Waals surface area contributed by atoms with Crippen LogP contribution in [0.1, 0.15) is 50.3 Å². The monoisotopic (exact) mass is 284 g/mol. The van der Waals surface area contributed by atoms with Crippen LogP contribution >= 0.6 is 15.9 Å². The van der Waals surface area contributed by atoms with Gasteiger partial charge in [-0.1, -0.05) is 53.7 Å². The van der Waals surface area contributed by atoms with Crippen molar-refractivity contribution < 1.29 is 4.39 Å². The zero-order valence-electron chi connectivity index (χ0n) is 9.46. The molecular formula is C14H18BrF. The first-order valence-corrected chi connectivity index (χ1v) is 6.96. The van der Waals surface area contributed by atoms with Crippen LogP contribution in [0.5, 0.6) is 0 Å². The van der Waals surface area contributed by atoms with Gasteiger partial charge in [0.05, 0.1) is 0 Å². The highest BCUT2D eigenvalue weighted by molar-refractivity contribution is 9.10. The Bertz CT molecular complexity index is 329. The largest absolute Gasteiger partial charge is 0.242 e. The Morgan fingerprint density at radius 1 is 1.12 bits per heavy atom. The Kier molecular flexibility index (Phi) is 4.39. The molecule has 0 amide bonds. The lowest BCUT2D eigenvalue weighted by molar-refractivity contribution is 0.211. The minimum atomic E-state index is -0.782. The summed E-state index contributed by atoms with van der Waals surface area (Å²) in [6.07, 6.45) is 6.26. The van der Waals surface area contributed by atoms with Crippen LogP contribution in [0.2, 0.25) is 0 Å². The molecule has 0 N–H and O–H groups in total. The molecule has 1 fully saturated rings. The molecule has 1 aliphatic rings. The summed E-state index contributed by atoms with van der Waals surface area (Å²) in [6, 6.07) is 7.68. The Hall–Kier alpha value is -0.370. The van der Waals surface area contributed by atoms with Crippen LogP contribution in [0.25, 0.3) is 0 Å². The average Bonchev–Trinajstić information content (AvgIpc) is 2.56. The molecule has 1 aromatic rings. The molecule has 1 aromatic carbocycles. The Balaban J connectivity index is 2.07. The van der Waals surface area contributed by atoms with Crippen LogP contribution in [0.4, 0.5) is 4.39 Å². The highest BCUT2D eigenvalue weighted by atomic mass is 79.9. The van der Waals surface area contributed by atoms with Gasteiger partial charge in [0.25, 0.3) is 0 Å². The molecule has 2 rings (SSSR count). The molecule has 0 radical (unpaired) electrons. The van der Waals surface area contributed by atoms with Crippen molar-refractivity contribution in [3.63, 3.8) is 0 Å². The second-order valence-electron chi connectivity index (χ2n) is 4.71. The molecule has 2 heteroatoms. The minimum Gasteiger partial charge on any atom is -0.242 e. The van der Waals surface area contributed by atoms with E-state index in [0.717, 1.165) is 22.9 Å². The molecule has 1 saturated carbocycles. The third-order valence-corrected chi connectivity index (χ3v) is 3.97. The van der Waals surface area contributed by atoms with Crippen LogP contribution in [0.15, 0.2) is 28.7 Å². The molecule has 1 atom stereocenters. The summed E-state index contributed by atoms with van der Waals surface area (Å²) < 4.78 is 15.3. The van der Waals surface area contributed by atoms with E-state index in [1.807, 2.05) is 24.3 Å². The molecule has 0 nitrogen and oxygen atoms in total. The van der Waals surface area contributed by atoms with Gasteiger partial charge in [-0.05, 0) is 36.5 Å². The molecule has 16 heavy (non-hydrogen) atoms. The molecule has 0 aromatic heterocycles. The van der Waals surface area contributed by atoms with Gasteiger partial charge in [-0.2, -0.15) is 0 Å². The topological polar surface area (TPSA) is 0 Å². The van der Waals surface area contributed by atoms with Gasteiger partial charge in [0.2, 0.25) is 0 Å². The predicted molar refractivity (Wildman–Crippen MR) is 69.2 cm³/mol. The molecule has 0 heterocycles. The van der Waals surface area contributed by atoms with E-state index in [2.05, 4.69) is 15.9 Å². The average molecular weight is 285 g/mol. The number of benzene rings is 1. The van der Waals surface area contributed by atoms with Gasteiger partial charge in [0, 0.05) is 4.47 Å². The van der Waals surface area contributed by atoms with Crippen LogP contribution in [-0.4, -0.2) is 0 Å². The van der Waals surface area contributed by atoms with Crippen molar-refractivity contribution in [2.45, 2.75) is 44.7 Å². The first-order valence-electron chi connectivity index (χ1n) is 6.17. The van der Waals surface area contributed by atoms with E-state index in [0.29, 0.717) is 0 Å². The number of hydrogen-bond acceptors (Lipinski definition) is 0. The first-order chi connectivity index (χ1) is 7.77. The number of halogens is 2. The van der Waals surface area contributed by atoms with E-state index in [1.165, 1.54) is 25.7 Å². The summed E-state index contributed by atoms with van der Waals surface area (Å²) in [6.45, 7) is 0. The standard InChI is InChI=1S/C14H18BrF/c15-13-9-5-8-12(10-13)14(16)11-6-3-1-2-4-7-11/h5,8-11,14H,1-4,6-7H2. The van der Waals surface area contributed by atoms with Crippen molar-refractivity contribution in [3.8, 4) is 0 Å². The zero-order valence-corrected chi connectivity index (χ0v) is 11.0. The summed E-state index contributed by atoms with van der Waals surface area (Å²) in [4.78, 5) is 0. The molecule has 1 unspecified atom stereocenters. The fourth-order valence-electron chi connectivity index (χ4n) is 2.55. The van der Waals surface area contributed by atoms with Gasteiger partial charge >= 0.3 is 0 Å². The quantitative estimate of drug-likeness (QED) is 0.635. The number of alkyl halides is 1. The lowest BCUT2D eigenvalue weighted by Gasteiger charge is -2.19. The van der Waals surface area contributed by atoms with Gasteiger partial charge in [-0.25, -0.2) is 4.39 Å². The Morgan fingerprint density at radius 2 is 1.81 bits per heavy atom. The maximum Gasteiger partial charge on any atom is 0.128 e. The second-order valence-corrected chi connectivity index (χ2v) is 5.62. The molecule has 0 aliphatic heterocycles. The number of hydrogen-bond donors (Lipinski definition) is 0. The van der Waals surface area contributed by atoms with Gasteiger partial charge in [-0.15, -0.1) is 0 Å². The van der Waals surface area contributed by atoms with Crippen molar-refractivity contribution in [1.82, 2.24) is 0 Å². The maximum atomic E-state index is 14.4. The van der Waals surface area contributed by atoms with Gasteiger partial charge in [0.1, 0.15) is 6.17 Å². The van der Waals surface area contributed by atoms with Crippen LogP contribution in [-0.2, 0) is 0 Å². The van der Waals surface area contributed by atoms with Gasteiger partial charge in [0.15, 0.2) is 0 Å². The van der Waals surface area contributed by atoms with Crippen molar-refractivity contribution >= 4 is 15.9 Å². The van der Waals surface area contributed by atoms with E-state index in [1.54, 1.807) is 0 Å². The molecule has 88 valence electrons. The SMILES string of the molecule is FC(c1cccc(Br)c1)C1CCCCCC1. The fraction of sp³-hybridized carbons (Fsp3) is 0.571. The highest BCUT2D eigenvalue weighted by Crippen LogP contribution is 2.36. The summed E-state index contributed by atoms with van der Waals surface area (Å²) in [5, 5.41) is 0. The van der Waals surface area contributed by atoms with Crippen molar-refractivity contribution in [2.75, 3.05) is 0 Å². The van der Waals surface area contributed by atoms with E-state index < -0.39 is 6.17 Å². The van der Waals surface area contributed by atoms with Gasteiger partial charge in [-0.3, -0.25) is 0 Å². The predicted octanol–water partition coefficient (Wildman–Crippen LogP) is 5.43. The highest BCUT2D eigenvalue weighted by Gasteiger charge is 2.23. The fourth-order valence-corrected chi connectivity index (χ4v) is 2.97. The summed E-state index contributed by atoms with van der Waals surface area (Å²) in [7, 11) is 0. The molecule has 1 aliphatic carbocycles. The molecular weight excluding hydrogens is 267 g/mol. The zero-order chi connectivity index (χ0) is 11.4. The van der Waals surface area contributed by atoms with Crippen LogP contribution < -0.4 is 0 Å². The normalized spacial score (nSPS) is 20.4. The maximum absolute atomic E-state index is 14.4. The van der Waals surface area contributed by atoms with E-state index in [-0.39, 0.29) is 5.92 Å². The van der Waals surface area contributed by atoms with Crippen molar-refractivity contribution in [3.05, 3.63) is 34.3 Å². The second kappa shape index (κ2) is 5.81. The Morgan fingerprint density at radius 3 is 2.44 bits per heavy atom. The molecule has 0 saturated heterocycles. The Labute approximate surface area is 105 Å². The van der Waals surface area contributed by atoms with E-state index >= 15 is 0 Å². The van der Waals surface area contributed by atoms with Crippen LogP contribution in [0.3, 0.4) is 0 Å². The van der Waals surface area contributed by atoms with Crippen LogP contribution in [0, 0.1) is 5.92 Å². The van der Waals surface area contributed by atoms with E-state index in [4.69, 9.17) is 0 Å². The third kappa shape index (κ3) is 3.07. The van der Waals surface area contributed by atoms with E-state index in [9.17, 15) is 4.39 Å². The summed E-state index contributed by atoms with van der Waals surface area (Å²) in [5.41, 5.74) is 0.835. The molecule has 0 spiro atoms. The number of rotatable bonds is 2. The first kappa shape index (κ1) is 12.1. The summed E-state index contributed by atoms with van der Waals surface area (Å²) >= 11 is 3.40. The lowest BCUT2D eigenvalue weighted by atomic mass is 9.91. The lowest BCUT2D eigenvalue weighted by Crippen LogP contribution is -2.08. The third-order valence-electron chi connectivity index (χ3n) is 3.48. The smallest absolute Gasteiger partial charge is 0.128 e. The molecule has 0 bridgehead atoms. The van der Waals surface area contributed by atoms with Gasteiger partial charge < -0.3 is 0 Å². The minimum absolute atomic E-state index is 0.233.